The number of rotatable bonds is 2. The molecule has 0 aromatic carbocycles. The molecular weight excluding hydrogens is 196 g/mol. The fourth-order valence-corrected chi connectivity index (χ4v) is 3.02. The fraction of sp³-hybridized carbons (Fsp3) is 1.00. The molecule has 1 fully saturated rings. The summed E-state index contributed by atoms with van der Waals surface area (Å²) in [7, 11) is -0.104. The van der Waals surface area contributed by atoms with Crippen molar-refractivity contribution in [1.82, 2.24) is 9.21 Å². The van der Waals surface area contributed by atoms with Crippen LogP contribution < -0.4 is 0 Å². The highest BCUT2D eigenvalue weighted by molar-refractivity contribution is 8.70. The number of hydrogen-bond acceptors (Lipinski definition) is 4. The summed E-state index contributed by atoms with van der Waals surface area (Å²) in [5.74, 6) is 0. The molecule has 0 aliphatic carbocycles. The van der Waals surface area contributed by atoms with Crippen LogP contribution in [0.1, 0.15) is 0 Å². The van der Waals surface area contributed by atoms with E-state index < -0.39 is 9.06 Å². The molecule has 0 aromatic heterocycles. The third-order valence-electron chi connectivity index (χ3n) is 1.99. The van der Waals surface area contributed by atoms with Gasteiger partial charge in [-0.1, -0.05) is 0 Å². The molecule has 1 heterocycles. The first-order valence-corrected chi connectivity index (χ1v) is 6.98. The van der Waals surface area contributed by atoms with E-state index in [9.17, 15) is 8.42 Å². The molecule has 0 amide bonds. The normalized spacial score (nSPS) is 22.8. The molecular formula is C6H14N2O2S2. The Morgan fingerprint density at radius 2 is 1.67 bits per heavy atom. The second kappa shape index (κ2) is 3.95. The number of piperazine rings is 1. The first-order valence-electron chi connectivity index (χ1n) is 3.80. The molecule has 12 heavy (non-hydrogen) atoms. The van der Waals surface area contributed by atoms with E-state index in [1.807, 2.05) is 7.05 Å². The smallest absolute Gasteiger partial charge is 0.267 e. The van der Waals surface area contributed by atoms with E-state index in [0.717, 1.165) is 23.9 Å². The van der Waals surface area contributed by atoms with Crippen molar-refractivity contribution in [1.29, 1.82) is 0 Å². The molecule has 0 aromatic rings. The van der Waals surface area contributed by atoms with E-state index in [-0.39, 0.29) is 0 Å². The van der Waals surface area contributed by atoms with Crippen LogP contribution in [0.25, 0.3) is 0 Å². The van der Waals surface area contributed by atoms with Gasteiger partial charge in [0.2, 0.25) is 0 Å². The molecule has 1 aliphatic rings. The molecule has 1 aliphatic heterocycles. The third-order valence-corrected chi connectivity index (χ3v) is 5.30. The molecule has 0 atom stereocenters. The standard InChI is InChI=1S/C6H14N2O2S2/c1-7-3-5-8(6-4-7)12(9,10)11-2/h3-6H2,1-2H3. The molecule has 72 valence electrons. The van der Waals surface area contributed by atoms with Gasteiger partial charge in [0.1, 0.15) is 0 Å². The van der Waals surface area contributed by atoms with Crippen LogP contribution in [-0.2, 0) is 9.06 Å². The van der Waals surface area contributed by atoms with Gasteiger partial charge in [0.25, 0.3) is 9.06 Å². The van der Waals surface area contributed by atoms with Gasteiger partial charge in [-0.05, 0) is 24.1 Å². The maximum atomic E-state index is 11.3. The molecule has 0 radical (unpaired) electrons. The Morgan fingerprint density at radius 3 is 2.08 bits per heavy atom. The minimum absolute atomic E-state index is 0.625. The molecule has 1 saturated heterocycles. The lowest BCUT2D eigenvalue weighted by Crippen LogP contribution is -2.45. The number of likely N-dealkylation sites (N-methyl/N-ethyl adjacent to an activating group) is 1. The van der Waals surface area contributed by atoms with E-state index in [0.29, 0.717) is 13.1 Å². The zero-order chi connectivity index (χ0) is 9.19. The van der Waals surface area contributed by atoms with Gasteiger partial charge in [-0.25, -0.2) is 8.42 Å². The molecule has 6 heteroatoms. The summed E-state index contributed by atoms with van der Waals surface area (Å²) in [6.45, 7) is 2.92. The maximum Gasteiger partial charge on any atom is 0.267 e. The average Bonchev–Trinajstić information content (AvgIpc) is 2.05. The summed E-state index contributed by atoms with van der Waals surface area (Å²) in [6.07, 6.45) is 1.60. The molecule has 1 rings (SSSR count). The van der Waals surface area contributed by atoms with Crippen LogP contribution in [0.3, 0.4) is 0 Å². The van der Waals surface area contributed by atoms with Gasteiger partial charge >= 0.3 is 0 Å². The highest BCUT2D eigenvalue weighted by atomic mass is 33.1. The van der Waals surface area contributed by atoms with Crippen molar-refractivity contribution in [2.45, 2.75) is 0 Å². The Bertz CT molecular complexity index is 232. The van der Waals surface area contributed by atoms with Crippen molar-refractivity contribution < 1.29 is 8.42 Å². The Morgan fingerprint density at radius 1 is 1.17 bits per heavy atom. The SMILES string of the molecule is CSS(=O)(=O)N1CCN(C)CC1. The largest absolute Gasteiger partial charge is 0.304 e. The minimum atomic E-state index is -3.02. The molecule has 4 nitrogen and oxygen atoms in total. The summed E-state index contributed by atoms with van der Waals surface area (Å²) in [4.78, 5) is 2.13. The van der Waals surface area contributed by atoms with Crippen LogP contribution in [0.15, 0.2) is 0 Å². The quantitative estimate of drug-likeness (QED) is 0.594. The lowest BCUT2D eigenvalue weighted by molar-refractivity contribution is 0.225. The molecule has 0 spiro atoms. The Hall–Kier alpha value is 0.220. The van der Waals surface area contributed by atoms with E-state index in [4.69, 9.17) is 0 Å². The van der Waals surface area contributed by atoms with E-state index >= 15 is 0 Å². The maximum absolute atomic E-state index is 11.3. The van der Waals surface area contributed by atoms with Crippen molar-refractivity contribution in [3.63, 3.8) is 0 Å². The Balaban J connectivity index is 2.56. The van der Waals surface area contributed by atoms with E-state index in [2.05, 4.69) is 4.90 Å². The van der Waals surface area contributed by atoms with Crippen molar-refractivity contribution in [2.24, 2.45) is 0 Å². The predicted octanol–water partition coefficient (Wildman–Crippen LogP) is -0.158. The monoisotopic (exact) mass is 210 g/mol. The number of nitrogens with zero attached hydrogens (tertiary/aromatic N) is 2. The summed E-state index contributed by atoms with van der Waals surface area (Å²) in [6, 6.07) is 0. The van der Waals surface area contributed by atoms with Crippen LogP contribution >= 0.6 is 10.8 Å². The van der Waals surface area contributed by atoms with Gasteiger partial charge in [-0.2, -0.15) is 4.31 Å². The summed E-state index contributed by atoms with van der Waals surface area (Å²) in [5.41, 5.74) is 0. The third kappa shape index (κ3) is 2.35. The van der Waals surface area contributed by atoms with Crippen molar-refractivity contribution in [3.8, 4) is 0 Å². The summed E-state index contributed by atoms with van der Waals surface area (Å²) < 4.78 is 24.2. The van der Waals surface area contributed by atoms with Gasteiger partial charge < -0.3 is 4.90 Å². The Kier molecular flexibility index (Phi) is 3.39. The van der Waals surface area contributed by atoms with Gasteiger partial charge in [0, 0.05) is 26.2 Å². The average molecular weight is 210 g/mol. The topological polar surface area (TPSA) is 40.6 Å². The highest BCUT2D eigenvalue weighted by Crippen LogP contribution is 2.15. The van der Waals surface area contributed by atoms with Crippen LogP contribution in [-0.4, -0.2) is 57.1 Å². The van der Waals surface area contributed by atoms with Crippen molar-refractivity contribution in [2.75, 3.05) is 39.5 Å². The number of hydrogen-bond donors (Lipinski definition) is 0. The first kappa shape index (κ1) is 10.3. The van der Waals surface area contributed by atoms with Crippen LogP contribution in [0.5, 0.6) is 0 Å². The molecule has 0 bridgehead atoms. The zero-order valence-electron chi connectivity index (χ0n) is 7.36. The molecule has 0 unspecified atom stereocenters. The van der Waals surface area contributed by atoms with E-state index in [1.54, 1.807) is 6.26 Å². The summed E-state index contributed by atoms with van der Waals surface area (Å²) in [5, 5.41) is 0. The van der Waals surface area contributed by atoms with Gasteiger partial charge in [-0.15, -0.1) is 0 Å². The lowest BCUT2D eigenvalue weighted by atomic mass is 10.4. The minimum Gasteiger partial charge on any atom is -0.304 e. The van der Waals surface area contributed by atoms with E-state index in [1.165, 1.54) is 4.31 Å². The van der Waals surface area contributed by atoms with Crippen molar-refractivity contribution in [3.05, 3.63) is 0 Å². The van der Waals surface area contributed by atoms with Gasteiger partial charge in [0.05, 0.1) is 0 Å². The Labute approximate surface area is 77.4 Å². The summed E-state index contributed by atoms with van der Waals surface area (Å²) >= 11 is 0. The van der Waals surface area contributed by atoms with Gasteiger partial charge in [0.15, 0.2) is 0 Å². The van der Waals surface area contributed by atoms with Gasteiger partial charge in [-0.3, -0.25) is 0 Å². The highest BCUT2D eigenvalue weighted by Gasteiger charge is 2.24. The predicted molar refractivity (Wildman–Crippen MR) is 51.5 cm³/mol. The molecule has 0 N–H and O–H groups in total. The van der Waals surface area contributed by atoms with Crippen LogP contribution in [0, 0.1) is 0 Å². The van der Waals surface area contributed by atoms with Crippen molar-refractivity contribution >= 4 is 19.8 Å². The zero-order valence-corrected chi connectivity index (χ0v) is 8.99. The van der Waals surface area contributed by atoms with Crippen LogP contribution in [0.4, 0.5) is 0 Å². The molecule has 0 saturated carbocycles. The second-order valence-electron chi connectivity index (χ2n) is 2.83. The lowest BCUT2D eigenvalue weighted by Gasteiger charge is -2.30. The van der Waals surface area contributed by atoms with Crippen LogP contribution in [0.2, 0.25) is 0 Å². The first-order chi connectivity index (χ1) is 5.56. The second-order valence-corrected chi connectivity index (χ2v) is 6.80. The fourth-order valence-electron chi connectivity index (χ4n) is 1.12.